The highest BCUT2D eigenvalue weighted by molar-refractivity contribution is 6.23. The number of hydrogen-bond donors (Lipinski definition) is 1. The summed E-state index contributed by atoms with van der Waals surface area (Å²) in [7, 11) is 1.39. The lowest BCUT2D eigenvalue weighted by molar-refractivity contribution is -0.120. The summed E-state index contributed by atoms with van der Waals surface area (Å²) >= 11 is 0. The van der Waals surface area contributed by atoms with Crippen LogP contribution in [0.25, 0.3) is 0 Å². The molecule has 0 aromatic carbocycles. The van der Waals surface area contributed by atoms with Crippen LogP contribution < -0.4 is 0 Å². The minimum Gasteiger partial charge on any atom is -0.504 e. The average molecular weight is 433 g/mol. The van der Waals surface area contributed by atoms with Crippen molar-refractivity contribution in [2.45, 2.75) is 117 Å². The molecular weight excluding hydrogens is 388 g/mol. The predicted molar refractivity (Wildman–Crippen MR) is 128 cm³/mol. The van der Waals surface area contributed by atoms with E-state index in [1.807, 2.05) is 0 Å². The Morgan fingerprint density at radius 1 is 0.742 bits per heavy atom. The lowest BCUT2D eigenvalue weighted by Crippen LogP contribution is -2.24. The third-order valence-electron chi connectivity index (χ3n) is 6.06. The zero-order valence-corrected chi connectivity index (χ0v) is 20.1. The van der Waals surface area contributed by atoms with E-state index in [-0.39, 0.29) is 22.7 Å². The summed E-state index contributed by atoms with van der Waals surface area (Å²) < 4.78 is 5.06. The Balaban J connectivity index is 2.00. The first-order valence-corrected chi connectivity index (χ1v) is 12.5. The molecule has 4 nitrogen and oxygen atoms in total. The number of Topliss-reactive ketones (excluding diaryl/α,β-unsaturated/α-hetero) is 2. The van der Waals surface area contributed by atoms with Crippen LogP contribution in [-0.2, 0) is 14.3 Å². The van der Waals surface area contributed by atoms with Gasteiger partial charge in [-0.25, -0.2) is 0 Å². The van der Waals surface area contributed by atoms with Gasteiger partial charge in [0.05, 0.1) is 7.11 Å². The molecule has 0 aromatic rings. The number of carbonyl (C=O) groups excluding carboxylic acids is 2. The monoisotopic (exact) mass is 432 g/mol. The highest BCUT2D eigenvalue weighted by atomic mass is 16.5. The maximum absolute atomic E-state index is 12.4. The molecular formula is C27H44O4. The fourth-order valence-corrected chi connectivity index (χ4v) is 4.02. The Hall–Kier alpha value is -1.84. The summed E-state index contributed by atoms with van der Waals surface area (Å²) in [6.07, 6.45) is 23.6. The van der Waals surface area contributed by atoms with Crippen LogP contribution in [0.2, 0.25) is 0 Å². The normalized spacial score (nSPS) is 14.9. The Kier molecular flexibility index (Phi) is 14.7. The molecule has 0 amide bonds. The molecule has 1 aliphatic rings. The number of methoxy groups -OCH3 is 1. The lowest BCUT2D eigenvalue weighted by Gasteiger charge is -2.18. The molecule has 0 atom stereocenters. The number of allylic oxidation sites excluding steroid dienone is 4. The number of hydrogen-bond acceptors (Lipinski definition) is 4. The maximum Gasteiger partial charge on any atom is 0.227 e. The van der Waals surface area contributed by atoms with Crippen molar-refractivity contribution in [3.05, 3.63) is 34.8 Å². The molecule has 1 rings (SSSR count). The summed E-state index contributed by atoms with van der Waals surface area (Å²) in [6.45, 7) is 3.75. The van der Waals surface area contributed by atoms with Crippen LogP contribution in [0.15, 0.2) is 34.8 Å². The Morgan fingerprint density at radius 2 is 1.23 bits per heavy atom. The minimum absolute atomic E-state index is 0.0706. The van der Waals surface area contributed by atoms with Gasteiger partial charge in [-0.3, -0.25) is 9.59 Å². The summed E-state index contributed by atoms with van der Waals surface area (Å²) in [6, 6.07) is 0. The van der Waals surface area contributed by atoms with Gasteiger partial charge in [0.2, 0.25) is 11.6 Å². The molecule has 0 saturated carbocycles. The van der Waals surface area contributed by atoms with Crippen molar-refractivity contribution < 1.29 is 19.4 Å². The van der Waals surface area contributed by atoms with Gasteiger partial charge in [0.15, 0.2) is 11.5 Å². The molecule has 1 N–H and O–H groups in total. The molecule has 0 unspecified atom stereocenters. The third kappa shape index (κ3) is 10.3. The van der Waals surface area contributed by atoms with Crippen LogP contribution in [0.3, 0.4) is 0 Å². The second kappa shape index (κ2) is 16.8. The van der Waals surface area contributed by atoms with Crippen molar-refractivity contribution in [2.75, 3.05) is 7.11 Å². The first-order valence-electron chi connectivity index (χ1n) is 12.5. The van der Waals surface area contributed by atoms with E-state index in [2.05, 4.69) is 19.1 Å². The molecule has 1 aliphatic carbocycles. The smallest absolute Gasteiger partial charge is 0.227 e. The van der Waals surface area contributed by atoms with E-state index >= 15 is 0 Å². The molecule has 31 heavy (non-hydrogen) atoms. The van der Waals surface area contributed by atoms with Crippen LogP contribution >= 0.6 is 0 Å². The fourth-order valence-electron chi connectivity index (χ4n) is 4.02. The molecule has 0 spiro atoms. The minimum atomic E-state index is -0.491. The molecule has 0 aromatic heterocycles. The van der Waals surface area contributed by atoms with Crippen LogP contribution in [0, 0.1) is 0 Å². The van der Waals surface area contributed by atoms with E-state index in [4.69, 9.17) is 4.74 Å². The van der Waals surface area contributed by atoms with Gasteiger partial charge in [-0.1, -0.05) is 89.7 Å². The second-order valence-corrected chi connectivity index (χ2v) is 8.69. The SMILES string of the molecule is CCCC/C=C/CCCCCCCCCCCCCC1=C(O)C(=O)C(C)=C(OC)C1=O. The Labute approximate surface area is 189 Å². The zero-order chi connectivity index (χ0) is 22.9. The summed E-state index contributed by atoms with van der Waals surface area (Å²) in [5, 5.41) is 10.0. The number of aliphatic hydroxyl groups is 1. The topological polar surface area (TPSA) is 63.6 Å². The van der Waals surface area contributed by atoms with Gasteiger partial charge < -0.3 is 9.84 Å². The fraction of sp³-hybridized carbons (Fsp3) is 0.704. The third-order valence-corrected chi connectivity index (χ3v) is 6.06. The molecule has 0 fully saturated rings. The zero-order valence-electron chi connectivity index (χ0n) is 20.1. The van der Waals surface area contributed by atoms with Gasteiger partial charge >= 0.3 is 0 Å². The van der Waals surface area contributed by atoms with E-state index in [1.54, 1.807) is 0 Å². The molecule has 0 aliphatic heterocycles. The van der Waals surface area contributed by atoms with Crippen molar-refractivity contribution in [3.63, 3.8) is 0 Å². The van der Waals surface area contributed by atoms with Crippen molar-refractivity contribution in [1.82, 2.24) is 0 Å². The predicted octanol–water partition coefficient (Wildman–Crippen LogP) is 7.69. The Bertz CT molecular complexity index is 640. The summed E-state index contributed by atoms with van der Waals surface area (Å²) in [5.74, 6) is -1.16. The van der Waals surface area contributed by atoms with Crippen LogP contribution in [0.1, 0.15) is 117 Å². The van der Waals surface area contributed by atoms with Gasteiger partial charge in [0.25, 0.3) is 0 Å². The maximum atomic E-state index is 12.4. The van der Waals surface area contributed by atoms with Crippen molar-refractivity contribution in [3.8, 4) is 0 Å². The first-order chi connectivity index (χ1) is 15.0. The highest BCUT2D eigenvalue weighted by Crippen LogP contribution is 2.27. The number of unbranched alkanes of at least 4 members (excludes halogenated alkanes) is 13. The van der Waals surface area contributed by atoms with Crippen LogP contribution in [0.4, 0.5) is 0 Å². The standard InChI is InChI=1S/C27H44O4/c1-4-5-6-7-8-9-10-11-12-13-14-15-16-17-18-19-20-21-23-25(29)24(28)22(2)27(31-3)26(23)30/h7-8,29H,4-6,9-21H2,1-3H3/b8-7+. The number of ketones is 2. The number of rotatable bonds is 18. The van der Waals surface area contributed by atoms with Crippen LogP contribution in [0.5, 0.6) is 0 Å². The molecule has 0 saturated heterocycles. The van der Waals surface area contributed by atoms with Gasteiger partial charge in [0, 0.05) is 11.1 Å². The molecule has 176 valence electrons. The van der Waals surface area contributed by atoms with E-state index in [0.717, 1.165) is 19.3 Å². The second-order valence-electron chi connectivity index (χ2n) is 8.69. The average Bonchev–Trinajstić information content (AvgIpc) is 2.77. The molecule has 0 bridgehead atoms. The highest BCUT2D eigenvalue weighted by Gasteiger charge is 2.32. The Morgan fingerprint density at radius 3 is 1.74 bits per heavy atom. The van der Waals surface area contributed by atoms with Crippen molar-refractivity contribution in [2.24, 2.45) is 0 Å². The first kappa shape index (κ1) is 27.2. The number of ether oxygens (including phenoxy) is 1. The van der Waals surface area contributed by atoms with Gasteiger partial charge in [-0.05, 0) is 39.0 Å². The molecule has 4 heteroatoms. The largest absolute Gasteiger partial charge is 0.504 e. The molecule has 0 radical (unpaired) electrons. The quantitative estimate of drug-likeness (QED) is 0.137. The van der Waals surface area contributed by atoms with Crippen LogP contribution in [-0.4, -0.2) is 23.8 Å². The lowest BCUT2D eigenvalue weighted by atomic mass is 9.91. The summed E-state index contributed by atoms with van der Waals surface area (Å²) in [4.78, 5) is 24.4. The van der Waals surface area contributed by atoms with Gasteiger partial charge in [-0.15, -0.1) is 0 Å². The van der Waals surface area contributed by atoms with Crippen molar-refractivity contribution >= 4 is 11.6 Å². The van der Waals surface area contributed by atoms with E-state index < -0.39 is 11.5 Å². The number of aliphatic hydroxyl groups excluding tert-OH is 1. The van der Waals surface area contributed by atoms with E-state index in [1.165, 1.54) is 91.1 Å². The van der Waals surface area contributed by atoms with Gasteiger partial charge in [0.1, 0.15) is 0 Å². The van der Waals surface area contributed by atoms with Crippen molar-refractivity contribution in [1.29, 1.82) is 0 Å². The van der Waals surface area contributed by atoms with E-state index in [9.17, 15) is 14.7 Å². The summed E-state index contributed by atoms with van der Waals surface area (Å²) in [5.41, 5.74) is 0.400. The van der Waals surface area contributed by atoms with Gasteiger partial charge in [-0.2, -0.15) is 0 Å². The molecule has 0 heterocycles. The number of carbonyl (C=O) groups is 2. The van der Waals surface area contributed by atoms with E-state index in [0.29, 0.717) is 6.42 Å².